The zero-order valence-electron chi connectivity index (χ0n) is 9.95. The molecule has 18 heavy (non-hydrogen) atoms. The summed E-state index contributed by atoms with van der Waals surface area (Å²) >= 11 is 0. The highest BCUT2D eigenvalue weighted by Crippen LogP contribution is 2.21. The summed E-state index contributed by atoms with van der Waals surface area (Å²) in [6.45, 7) is 2.81. The Morgan fingerprint density at radius 1 is 1.50 bits per heavy atom. The van der Waals surface area contributed by atoms with E-state index in [1.165, 1.54) is 26.0 Å². The van der Waals surface area contributed by atoms with E-state index in [-0.39, 0.29) is 17.1 Å². The van der Waals surface area contributed by atoms with Gasteiger partial charge in [0, 0.05) is 18.2 Å². The maximum Gasteiger partial charge on any atom is 0.273 e. The molecule has 1 aromatic rings. The van der Waals surface area contributed by atoms with Crippen LogP contribution in [0.2, 0.25) is 0 Å². The Hall–Kier alpha value is -1.51. The topological polar surface area (TPSA) is 110 Å². The van der Waals surface area contributed by atoms with Crippen molar-refractivity contribution in [2.75, 3.05) is 6.54 Å². The summed E-state index contributed by atoms with van der Waals surface area (Å²) in [5, 5.41) is 19.7. The molecule has 0 amide bonds. The molecular weight excluding hydrogens is 260 g/mol. The maximum atomic E-state index is 11.8. The van der Waals surface area contributed by atoms with Crippen LogP contribution in [0.25, 0.3) is 0 Å². The lowest BCUT2D eigenvalue weighted by Gasteiger charge is -2.08. The number of nitrogens with one attached hydrogen (secondary N) is 1. The van der Waals surface area contributed by atoms with Crippen molar-refractivity contribution >= 4 is 15.7 Å². The normalized spacial score (nSPS) is 13.3. The van der Waals surface area contributed by atoms with E-state index < -0.39 is 21.1 Å². The van der Waals surface area contributed by atoms with Crippen molar-refractivity contribution in [2.45, 2.75) is 24.8 Å². The number of aliphatic hydroxyl groups is 1. The molecule has 7 nitrogen and oxygen atoms in total. The number of nitrogens with zero attached hydrogens (tertiary/aromatic N) is 1. The minimum Gasteiger partial charge on any atom is -0.392 e. The second kappa shape index (κ2) is 5.42. The van der Waals surface area contributed by atoms with Crippen LogP contribution in [0, 0.1) is 17.0 Å². The van der Waals surface area contributed by atoms with E-state index in [1.807, 2.05) is 0 Å². The number of nitro benzene ring substituents is 1. The summed E-state index contributed by atoms with van der Waals surface area (Å²) in [7, 11) is -3.84. The molecule has 0 bridgehead atoms. The number of benzene rings is 1. The van der Waals surface area contributed by atoms with Crippen LogP contribution in [0.15, 0.2) is 23.1 Å². The molecule has 0 aromatic heterocycles. The molecule has 1 atom stereocenters. The largest absolute Gasteiger partial charge is 0.392 e. The minimum absolute atomic E-state index is 0.149. The van der Waals surface area contributed by atoms with Gasteiger partial charge in [-0.3, -0.25) is 10.1 Å². The van der Waals surface area contributed by atoms with Gasteiger partial charge in [0.2, 0.25) is 10.0 Å². The molecule has 1 rings (SSSR count). The summed E-state index contributed by atoms with van der Waals surface area (Å²) in [5.41, 5.74) is 0.129. The van der Waals surface area contributed by atoms with Crippen molar-refractivity contribution in [3.63, 3.8) is 0 Å². The van der Waals surface area contributed by atoms with Crippen LogP contribution in [-0.2, 0) is 10.0 Å². The van der Waals surface area contributed by atoms with Crippen molar-refractivity contribution in [3.8, 4) is 0 Å². The van der Waals surface area contributed by atoms with Gasteiger partial charge in [-0.25, -0.2) is 13.1 Å². The van der Waals surface area contributed by atoms with Gasteiger partial charge in [0.05, 0.1) is 15.9 Å². The third kappa shape index (κ3) is 3.49. The molecule has 0 spiro atoms. The Kier molecular flexibility index (Phi) is 4.38. The summed E-state index contributed by atoms with van der Waals surface area (Å²) in [5.74, 6) is 0. The van der Waals surface area contributed by atoms with Crippen molar-refractivity contribution in [2.24, 2.45) is 0 Å². The highest BCUT2D eigenvalue weighted by atomic mass is 32.2. The molecule has 2 N–H and O–H groups in total. The van der Waals surface area contributed by atoms with Crippen molar-refractivity contribution in [1.82, 2.24) is 4.72 Å². The van der Waals surface area contributed by atoms with E-state index in [4.69, 9.17) is 5.11 Å². The number of aliphatic hydroxyl groups excluding tert-OH is 1. The van der Waals surface area contributed by atoms with E-state index in [0.717, 1.165) is 6.07 Å². The number of hydrogen-bond donors (Lipinski definition) is 2. The number of nitro groups is 1. The SMILES string of the molecule is Cc1ccc(S(=O)(=O)NC[C@@H](C)O)cc1[N+](=O)[O-]. The van der Waals surface area contributed by atoms with Gasteiger partial charge in [0.1, 0.15) is 0 Å². The van der Waals surface area contributed by atoms with E-state index in [9.17, 15) is 18.5 Å². The Morgan fingerprint density at radius 2 is 2.11 bits per heavy atom. The Morgan fingerprint density at radius 3 is 2.61 bits per heavy atom. The molecule has 0 unspecified atom stereocenters. The van der Waals surface area contributed by atoms with E-state index in [2.05, 4.69) is 4.72 Å². The molecule has 8 heteroatoms. The van der Waals surface area contributed by atoms with Crippen LogP contribution in [-0.4, -0.2) is 31.1 Å². The first-order chi connectivity index (χ1) is 8.24. The van der Waals surface area contributed by atoms with E-state index in [0.29, 0.717) is 5.56 Å². The van der Waals surface area contributed by atoms with Gasteiger partial charge < -0.3 is 5.11 Å². The first-order valence-electron chi connectivity index (χ1n) is 5.17. The molecule has 100 valence electrons. The second-order valence-corrected chi connectivity index (χ2v) is 5.67. The molecule has 0 aliphatic carbocycles. The lowest BCUT2D eigenvalue weighted by Crippen LogP contribution is -2.30. The highest BCUT2D eigenvalue weighted by Gasteiger charge is 2.19. The lowest BCUT2D eigenvalue weighted by atomic mass is 10.2. The zero-order chi connectivity index (χ0) is 13.9. The molecule has 0 fully saturated rings. The van der Waals surface area contributed by atoms with Crippen molar-refractivity contribution < 1.29 is 18.4 Å². The van der Waals surface area contributed by atoms with Crippen molar-refractivity contribution in [1.29, 1.82) is 0 Å². The van der Waals surface area contributed by atoms with Crippen molar-refractivity contribution in [3.05, 3.63) is 33.9 Å². The molecule has 0 aliphatic rings. The molecular formula is C10H14N2O5S. The fourth-order valence-electron chi connectivity index (χ4n) is 1.27. The first kappa shape index (κ1) is 14.6. The van der Waals surface area contributed by atoms with Gasteiger partial charge in [-0.05, 0) is 19.9 Å². The van der Waals surface area contributed by atoms with Crippen LogP contribution in [0.5, 0.6) is 0 Å². The van der Waals surface area contributed by atoms with Crippen LogP contribution >= 0.6 is 0 Å². The number of aryl methyl sites for hydroxylation is 1. The van der Waals surface area contributed by atoms with E-state index >= 15 is 0 Å². The molecule has 0 saturated carbocycles. The third-order valence-electron chi connectivity index (χ3n) is 2.26. The number of rotatable bonds is 5. The van der Waals surface area contributed by atoms with E-state index in [1.54, 1.807) is 0 Å². The Bertz CT molecular complexity index is 553. The average molecular weight is 274 g/mol. The summed E-state index contributed by atoms with van der Waals surface area (Å²) < 4.78 is 25.7. The van der Waals surface area contributed by atoms with Gasteiger partial charge in [-0.2, -0.15) is 0 Å². The molecule has 0 heterocycles. The molecule has 1 aromatic carbocycles. The maximum absolute atomic E-state index is 11.8. The number of sulfonamides is 1. The lowest BCUT2D eigenvalue weighted by molar-refractivity contribution is -0.385. The van der Waals surface area contributed by atoms with Gasteiger partial charge in [0.25, 0.3) is 5.69 Å². The van der Waals surface area contributed by atoms with Crippen LogP contribution in [0.4, 0.5) is 5.69 Å². The third-order valence-corrected chi connectivity index (χ3v) is 3.68. The summed E-state index contributed by atoms with van der Waals surface area (Å²) in [4.78, 5) is 9.89. The van der Waals surface area contributed by atoms with Crippen LogP contribution < -0.4 is 4.72 Å². The fraction of sp³-hybridized carbons (Fsp3) is 0.400. The predicted molar refractivity (Wildman–Crippen MR) is 64.7 cm³/mol. The standard InChI is InChI=1S/C10H14N2O5S/c1-7-3-4-9(5-10(7)12(14)15)18(16,17)11-6-8(2)13/h3-5,8,11,13H,6H2,1-2H3/t8-/m1/s1. The summed E-state index contributed by atoms with van der Waals surface area (Å²) in [6.07, 6.45) is -0.833. The Labute approximate surface area is 105 Å². The molecule has 0 saturated heterocycles. The monoisotopic (exact) mass is 274 g/mol. The average Bonchev–Trinajstić information content (AvgIpc) is 2.26. The second-order valence-electron chi connectivity index (χ2n) is 3.91. The minimum atomic E-state index is -3.84. The molecule has 0 radical (unpaired) electrons. The van der Waals surface area contributed by atoms with Crippen LogP contribution in [0.3, 0.4) is 0 Å². The number of hydrogen-bond acceptors (Lipinski definition) is 5. The molecule has 0 aliphatic heterocycles. The zero-order valence-corrected chi connectivity index (χ0v) is 10.8. The predicted octanol–water partition coefficient (Wildman–Crippen LogP) is 0.562. The van der Waals surface area contributed by atoms with Gasteiger partial charge in [0.15, 0.2) is 0 Å². The highest BCUT2D eigenvalue weighted by molar-refractivity contribution is 7.89. The summed E-state index contributed by atoms with van der Waals surface area (Å²) in [6, 6.07) is 3.65. The fourth-order valence-corrected chi connectivity index (χ4v) is 2.41. The van der Waals surface area contributed by atoms with Gasteiger partial charge in [-0.1, -0.05) is 6.07 Å². The van der Waals surface area contributed by atoms with Crippen LogP contribution in [0.1, 0.15) is 12.5 Å². The first-order valence-corrected chi connectivity index (χ1v) is 6.65. The Balaban J connectivity index is 3.10. The van der Waals surface area contributed by atoms with Gasteiger partial charge >= 0.3 is 0 Å². The smallest absolute Gasteiger partial charge is 0.273 e. The quantitative estimate of drug-likeness (QED) is 0.602. The van der Waals surface area contributed by atoms with Gasteiger partial charge in [-0.15, -0.1) is 0 Å².